The van der Waals surface area contributed by atoms with Crippen LogP contribution < -0.4 is 5.32 Å². The number of amides is 2. The number of nitrogens with one attached hydrogen (secondary N) is 2. The number of hydrogen-bond acceptors (Lipinski definition) is 5. The zero-order valence-corrected chi connectivity index (χ0v) is 18.8. The smallest absolute Gasteiger partial charge is 0.317 e. The maximum atomic E-state index is 13.0. The van der Waals surface area contributed by atoms with Crippen molar-refractivity contribution in [2.75, 3.05) is 32.8 Å². The molecule has 0 spiro atoms. The molecule has 0 radical (unpaired) electrons. The lowest BCUT2D eigenvalue weighted by molar-refractivity contribution is 0.148. The highest BCUT2D eigenvalue weighted by atomic mass is 32.2. The number of likely N-dealkylation sites (tertiary alicyclic amines) is 1. The van der Waals surface area contributed by atoms with Crippen molar-refractivity contribution in [2.24, 2.45) is 5.92 Å². The Morgan fingerprint density at radius 2 is 2.03 bits per heavy atom. The summed E-state index contributed by atoms with van der Waals surface area (Å²) in [7, 11) is -3.43. The van der Waals surface area contributed by atoms with Crippen molar-refractivity contribution < 1.29 is 18.3 Å². The Labute approximate surface area is 182 Å². The Morgan fingerprint density at radius 1 is 1.32 bits per heavy atom. The molecule has 2 aliphatic heterocycles. The molecule has 0 aliphatic carbocycles. The molecule has 1 atom stereocenters. The van der Waals surface area contributed by atoms with Crippen LogP contribution in [-0.4, -0.2) is 82.8 Å². The Bertz CT molecular complexity index is 1020. The van der Waals surface area contributed by atoms with Crippen LogP contribution in [0.25, 0.3) is 11.0 Å². The van der Waals surface area contributed by atoms with Gasteiger partial charge in [-0.05, 0) is 42.4 Å². The number of rotatable bonds is 6. The predicted octanol–water partition coefficient (Wildman–Crippen LogP) is 1.48. The van der Waals surface area contributed by atoms with E-state index >= 15 is 0 Å². The monoisotopic (exact) mass is 449 g/mol. The molecule has 31 heavy (non-hydrogen) atoms. The van der Waals surface area contributed by atoms with Crippen LogP contribution in [0.3, 0.4) is 0 Å². The fourth-order valence-electron chi connectivity index (χ4n) is 4.41. The third-order valence-electron chi connectivity index (χ3n) is 6.60. The summed E-state index contributed by atoms with van der Waals surface area (Å²) in [5.74, 6) is 0.406. The van der Waals surface area contributed by atoms with Crippen molar-refractivity contribution in [3.63, 3.8) is 0 Å². The topological polar surface area (TPSA) is 119 Å². The van der Waals surface area contributed by atoms with Gasteiger partial charge in [0.05, 0.1) is 12.6 Å². The molecular formula is C21H31N5O4S. The molecule has 2 fully saturated rings. The van der Waals surface area contributed by atoms with Gasteiger partial charge in [0, 0.05) is 44.0 Å². The largest absolute Gasteiger partial charge is 0.394 e. The van der Waals surface area contributed by atoms with Crippen LogP contribution in [-0.2, 0) is 10.0 Å². The molecule has 1 unspecified atom stereocenters. The number of H-pyrrole nitrogens is 1. The lowest BCUT2D eigenvalue weighted by Gasteiger charge is -2.42. The van der Waals surface area contributed by atoms with E-state index in [0.717, 1.165) is 23.9 Å². The molecule has 2 aromatic rings. The molecule has 10 heteroatoms. The third kappa shape index (κ3) is 4.28. The Kier molecular flexibility index (Phi) is 6.23. The fourth-order valence-corrected chi connectivity index (χ4v) is 6.29. The first kappa shape index (κ1) is 22.0. The predicted molar refractivity (Wildman–Crippen MR) is 118 cm³/mol. The molecule has 2 amide bonds. The summed E-state index contributed by atoms with van der Waals surface area (Å²) in [6, 6.07) is 3.32. The summed E-state index contributed by atoms with van der Waals surface area (Å²) in [5.41, 5.74) is 2.07. The third-order valence-corrected chi connectivity index (χ3v) is 8.83. The highest BCUT2D eigenvalue weighted by molar-refractivity contribution is 7.89. The summed E-state index contributed by atoms with van der Waals surface area (Å²) < 4.78 is 27.7. The standard InChI is InChI=1S/C21H31N5O4S/c1-14(2)19(13-27)24-21(28)25-11-16(12-25)31(29,30)26-8-5-15(6-9-26)18-10-23-20-17(18)4-3-7-22-20/h3-4,7,10,14-16,19,27H,5-6,8-9,11-13H2,1-2H3,(H,22,23)(H,24,28). The lowest BCUT2D eigenvalue weighted by Crippen LogP contribution is -2.63. The van der Waals surface area contributed by atoms with Gasteiger partial charge in [-0.3, -0.25) is 0 Å². The van der Waals surface area contributed by atoms with E-state index in [2.05, 4.69) is 15.3 Å². The van der Waals surface area contributed by atoms with Crippen LogP contribution in [0.1, 0.15) is 38.2 Å². The Balaban J connectivity index is 1.31. The average Bonchev–Trinajstić information content (AvgIpc) is 3.14. The zero-order valence-electron chi connectivity index (χ0n) is 18.0. The maximum absolute atomic E-state index is 13.0. The summed E-state index contributed by atoms with van der Waals surface area (Å²) in [4.78, 5) is 21.4. The van der Waals surface area contributed by atoms with E-state index in [0.29, 0.717) is 19.0 Å². The van der Waals surface area contributed by atoms with Gasteiger partial charge < -0.3 is 20.3 Å². The maximum Gasteiger partial charge on any atom is 0.317 e. The molecule has 2 aromatic heterocycles. The number of carbonyl (C=O) groups is 1. The minimum absolute atomic E-state index is 0.101. The second-order valence-corrected chi connectivity index (χ2v) is 11.1. The number of sulfonamides is 1. The van der Waals surface area contributed by atoms with Gasteiger partial charge >= 0.3 is 6.03 Å². The summed E-state index contributed by atoms with van der Waals surface area (Å²) >= 11 is 0. The number of urea groups is 1. The van der Waals surface area contributed by atoms with Crippen LogP contribution in [0.2, 0.25) is 0 Å². The molecule has 9 nitrogen and oxygen atoms in total. The van der Waals surface area contributed by atoms with E-state index in [9.17, 15) is 18.3 Å². The second-order valence-electron chi connectivity index (χ2n) is 8.87. The number of piperidine rings is 1. The number of aliphatic hydroxyl groups is 1. The van der Waals surface area contributed by atoms with Crippen LogP contribution >= 0.6 is 0 Å². The summed E-state index contributed by atoms with van der Waals surface area (Å²) in [6.45, 7) is 5.06. The van der Waals surface area contributed by atoms with E-state index in [1.165, 1.54) is 10.5 Å². The molecule has 0 bridgehead atoms. The van der Waals surface area contributed by atoms with Crippen molar-refractivity contribution >= 4 is 27.1 Å². The molecule has 0 saturated carbocycles. The molecule has 4 heterocycles. The first-order valence-corrected chi connectivity index (χ1v) is 12.4. The SMILES string of the molecule is CC(C)C(CO)NC(=O)N1CC(S(=O)(=O)N2CCC(c3c[nH]c4ncccc34)CC2)C1. The van der Waals surface area contributed by atoms with Crippen LogP contribution in [0.5, 0.6) is 0 Å². The molecule has 2 saturated heterocycles. The number of aromatic nitrogens is 2. The van der Waals surface area contributed by atoms with Gasteiger partial charge in [-0.15, -0.1) is 0 Å². The van der Waals surface area contributed by atoms with Gasteiger partial charge in [-0.25, -0.2) is 22.5 Å². The van der Waals surface area contributed by atoms with Crippen molar-refractivity contribution in [1.29, 1.82) is 0 Å². The van der Waals surface area contributed by atoms with Crippen molar-refractivity contribution in [3.8, 4) is 0 Å². The average molecular weight is 450 g/mol. The van der Waals surface area contributed by atoms with Crippen LogP contribution in [0, 0.1) is 5.92 Å². The highest BCUT2D eigenvalue weighted by Crippen LogP contribution is 2.34. The number of aliphatic hydroxyl groups excluding tert-OH is 1. The van der Waals surface area contributed by atoms with E-state index < -0.39 is 15.3 Å². The number of pyridine rings is 1. The van der Waals surface area contributed by atoms with Gasteiger partial charge in [-0.1, -0.05) is 13.8 Å². The van der Waals surface area contributed by atoms with Crippen molar-refractivity contribution in [2.45, 2.75) is 43.9 Å². The molecule has 4 rings (SSSR count). The van der Waals surface area contributed by atoms with Gasteiger partial charge in [-0.2, -0.15) is 0 Å². The number of aromatic amines is 1. The molecular weight excluding hydrogens is 418 g/mol. The second kappa shape index (κ2) is 8.76. The summed E-state index contributed by atoms with van der Waals surface area (Å²) in [6.07, 6.45) is 5.29. The zero-order chi connectivity index (χ0) is 22.2. The van der Waals surface area contributed by atoms with E-state index in [4.69, 9.17) is 0 Å². The van der Waals surface area contributed by atoms with Crippen molar-refractivity contribution in [3.05, 3.63) is 30.1 Å². The number of hydrogen-bond donors (Lipinski definition) is 3. The van der Waals surface area contributed by atoms with E-state index in [1.54, 1.807) is 10.5 Å². The van der Waals surface area contributed by atoms with Gasteiger partial charge in [0.25, 0.3) is 0 Å². The van der Waals surface area contributed by atoms with E-state index in [1.807, 2.05) is 32.2 Å². The Hall–Kier alpha value is -2.17. The molecule has 3 N–H and O–H groups in total. The molecule has 0 aromatic carbocycles. The lowest BCUT2D eigenvalue weighted by atomic mass is 9.90. The minimum atomic E-state index is -3.43. The highest BCUT2D eigenvalue weighted by Gasteiger charge is 2.44. The number of carbonyl (C=O) groups excluding carboxylic acids is 1. The fraction of sp³-hybridized carbons (Fsp3) is 0.619. The van der Waals surface area contributed by atoms with E-state index in [-0.39, 0.29) is 37.7 Å². The summed E-state index contributed by atoms with van der Waals surface area (Å²) in [5, 5.41) is 12.7. The first-order valence-electron chi connectivity index (χ1n) is 10.9. The first-order chi connectivity index (χ1) is 14.8. The van der Waals surface area contributed by atoms with Crippen LogP contribution in [0.15, 0.2) is 24.5 Å². The van der Waals surface area contributed by atoms with Crippen molar-refractivity contribution in [1.82, 2.24) is 24.5 Å². The number of fused-ring (bicyclic) bond motifs is 1. The van der Waals surface area contributed by atoms with Gasteiger partial charge in [0.1, 0.15) is 10.9 Å². The molecule has 170 valence electrons. The minimum Gasteiger partial charge on any atom is -0.394 e. The normalized spacial score (nSPS) is 20.2. The number of nitrogens with zero attached hydrogens (tertiary/aromatic N) is 3. The molecule has 2 aliphatic rings. The van der Waals surface area contributed by atoms with Gasteiger partial charge in [0.15, 0.2) is 0 Å². The van der Waals surface area contributed by atoms with Crippen LogP contribution in [0.4, 0.5) is 4.79 Å². The van der Waals surface area contributed by atoms with Gasteiger partial charge in [0.2, 0.25) is 10.0 Å². The quantitative estimate of drug-likeness (QED) is 0.617. The Morgan fingerprint density at radius 3 is 2.68 bits per heavy atom.